The quantitative estimate of drug-likeness (QED) is 0.942. The SMILES string of the molecule is Cc1cc(CC2(c3ccccc3Br)CNC2)n(C)n1. The van der Waals surface area contributed by atoms with Crippen molar-refractivity contribution >= 4 is 15.9 Å². The van der Waals surface area contributed by atoms with Crippen LogP contribution < -0.4 is 5.32 Å². The van der Waals surface area contributed by atoms with Gasteiger partial charge in [-0.25, -0.2) is 0 Å². The fourth-order valence-electron chi connectivity index (χ4n) is 2.91. The molecule has 0 unspecified atom stereocenters. The summed E-state index contributed by atoms with van der Waals surface area (Å²) in [4.78, 5) is 0. The fourth-order valence-corrected chi connectivity index (χ4v) is 3.61. The number of hydrogen-bond donors (Lipinski definition) is 1. The van der Waals surface area contributed by atoms with Crippen LogP contribution in [0.1, 0.15) is 17.0 Å². The largest absolute Gasteiger partial charge is 0.315 e. The van der Waals surface area contributed by atoms with Crippen LogP contribution in [0.5, 0.6) is 0 Å². The number of benzene rings is 1. The molecule has 1 aliphatic heterocycles. The average Bonchev–Trinajstić information content (AvgIpc) is 2.63. The number of nitrogens with zero attached hydrogens (tertiary/aromatic N) is 2. The van der Waals surface area contributed by atoms with Crippen molar-refractivity contribution in [1.82, 2.24) is 15.1 Å². The molecule has 2 aromatic rings. The van der Waals surface area contributed by atoms with Gasteiger partial charge in [0.25, 0.3) is 0 Å². The van der Waals surface area contributed by atoms with Gasteiger partial charge in [-0.05, 0) is 24.6 Å². The van der Waals surface area contributed by atoms with Crippen LogP contribution in [0.3, 0.4) is 0 Å². The van der Waals surface area contributed by atoms with Crippen molar-refractivity contribution in [2.24, 2.45) is 7.05 Å². The number of aromatic nitrogens is 2. The van der Waals surface area contributed by atoms with Crippen LogP contribution in [0.25, 0.3) is 0 Å². The standard InChI is InChI=1S/C15H18BrN3/c1-11-7-12(19(2)18-11)8-15(9-17-10-15)13-5-3-4-6-14(13)16/h3-7,17H,8-10H2,1-2H3. The smallest absolute Gasteiger partial charge is 0.0596 e. The molecular formula is C15H18BrN3. The first-order chi connectivity index (χ1) is 9.11. The summed E-state index contributed by atoms with van der Waals surface area (Å²) < 4.78 is 3.21. The van der Waals surface area contributed by atoms with Crippen molar-refractivity contribution in [3.63, 3.8) is 0 Å². The van der Waals surface area contributed by atoms with Gasteiger partial charge in [0.05, 0.1) is 5.69 Å². The van der Waals surface area contributed by atoms with Gasteiger partial charge in [-0.15, -0.1) is 0 Å². The second kappa shape index (κ2) is 4.76. The molecule has 0 aliphatic carbocycles. The van der Waals surface area contributed by atoms with E-state index < -0.39 is 0 Å². The van der Waals surface area contributed by atoms with Gasteiger partial charge in [-0.2, -0.15) is 5.10 Å². The monoisotopic (exact) mass is 319 g/mol. The van der Waals surface area contributed by atoms with Crippen LogP contribution in [0.4, 0.5) is 0 Å². The van der Waals surface area contributed by atoms with Gasteiger partial charge in [-0.3, -0.25) is 4.68 Å². The second-order valence-corrected chi connectivity index (χ2v) is 6.30. The number of hydrogen-bond acceptors (Lipinski definition) is 2. The zero-order chi connectivity index (χ0) is 13.5. The molecule has 1 aliphatic rings. The second-order valence-electron chi connectivity index (χ2n) is 5.44. The van der Waals surface area contributed by atoms with Gasteiger partial charge in [-0.1, -0.05) is 34.1 Å². The van der Waals surface area contributed by atoms with Gasteiger partial charge >= 0.3 is 0 Å². The van der Waals surface area contributed by atoms with Crippen LogP contribution in [0.15, 0.2) is 34.8 Å². The lowest BCUT2D eigenvalue weighted by molar-refractivity contribution is 0.268. The number of aryl methyl sites for hydroxylation is 2. The first kappa shape index (κ1) is 12.9. The Balaban J connectivity index is 1.96. The van der Waals surface area contributed by atoms with Gasteiger partial charge in [0.2, 0.25) is 0 Å². The predicted octanol–water partition coefficient (Wildman–Crippen LogP) is 2.57. The summed E-state index contributed by atoms with van der Waals surface area (Å²) in [6.45, 7) is 4.10. The van der Waals surface area contributed by atoms with E-state index in [1.54, 1.807) is 0 Å². The Kier molecular flexibility index (Phi) is 3.23. The molecule has 1 aromatic carbocycles. The van der Waals surface area contributed by atoms with Crippen molar-refractivity contribution in [3.05, 3.63) is 51.8 Å². The lowest BCUT2D eigenvalue weighted by Crippen LogP contribution is -2.58. The first-order valence-corrected chi connectivity index (χ1v) is 7.35. The van der Waals surface area contributed by atoms with Crippen molar-refractivity contribution in [2.75, 3.05) is 13.1 Å². The molecule has 0 amide bonds. The molecule has 0 radical (unpaired) electrons. The van der Waals surface area contributed by atoms with Crippen molar-refractivity contribution < 1.29 is 0 Å². The predicted molar refractivity (Wildman–Crippen MR) is 80.3 cm³/mol. The Morgan fingerprint density at radius 3 is 2.63 bits per heavy atom. The fraction of sp³-hybridized carbons (Fsp3) is 0.400. The van der Waals surface area contributed by atoms with Crippen molar-refractivity contribution in [1.29, 1.82) is 0 Å². The van der Waals surface area contributed by atoms with Crippen LogP contribution in [-0.2, 0) is 18.9 Å². The van der Waals surface area contributed by atoms with E-state index in [9.17, 15) is 0 Å². The Hall–Kier alpha value is -1.13. The number of nitrogens with one attached hydrogen (secondary N) is 1. The first-order valence-electron chi connectivity index (χ1n) is 6.56. The highest BCUT2D eigenvalue weighted by molar-refractivity contribution is 9.10. The molecule has 0 spiro atoms. The molecule has 1 N–H and O–H groups in total. The molecular weight excluding hydrogens is 302 g/mol. The number of halogens is 1. The highest BCUT2D eigenvalue weighted by atomic mass is 79.9. The van der Waals surface area contributed by atoms with Gasteiger partial charge in [0, 0.05) is 42.1 Å². The molecule has 4 heteroatoms. The third-order valence-electron chi connectivity index (χ3n) is 3.99. The van der Waals surface area contributed by atoms with E-state index in [1.165, 1.54) is 15.7 Å². The summed E-state index contributed by atoms with van der Waals surface area (Å²) in [5.74, 6) is 0. The van der Waals surface area contributed by atoms with E-state index in [1.807, 2.05) is 18.7 Å². The van der Waals surface area contributed by atoms with Gasteiger partial charge < -0.3 is 5.32 Å². The Bertz CT molecular complexity index is 599. The highest BCUT2D eigenvalue weighted by Gasteiger charge is 2.40. The van der Waals surface area contributed by atoms with E-state index in [0.717, 1.165) is 25.2 Å². The summed E-state index contributed by atoms with van der Waals surface area (Å²) in [5.41, 5.74) is 3.98. The van der Waals surface area contributed by atoms with E-state index in [-0.39, 0.29) is 5.41 Å². The number of rotatable bonds is 3. The third-order valence-corrected chi connectivity index (χ3v) is 4.68. The maximum absolute atomic E-state index is 4.45. The maximum Gasteiger partial charge on any atom is 0.0596 e. The lowest BCUT2D eigenvalue weighted by Gasteiger charge is -2.44. The van der Waals surface area contributed by atoms with E-state index in [0.29, 0.717) is 0 Å². The minimum absolute atomic E-state index is 0.195. The molecule has 100 valence electrons. The molecule has 2 heterocycles. The van der Waals surface area contributed by atoms with E-state index >= 15 is 0 Å². The Morgan fingerprint density at radius 2 is 2.11 bits per heavy atom. The molecule has 3 rings (SSSR count). The topological polar surface area (TPSA) is 29.9 Å². The minimum Gasteiger partial charge on any atom is -0.315 e. The minimum atomic E-state index is 0.195. The van der Waals surface area contributed by atoms with Crippen LogP contribution in [0.2, 0.25) is 0 Å². The summed E-state index contributed by atoms with van der Waals surface area (Å²) in [5, 5.41) is 7.88. The van der Waals surface area contributed by atoms with Crippen LogP contribution in [0, 0.1) is 6.92 Å². The molecule has 0 atom stereocenters. The molecule has 0 bridgehead atoms. The third kappa shape index (κ3) is 2.23. The maximum atomic E-state index is 4.45. The summed E-state index contributed by atoms with van der Waals surface area (Å²) in [6, 6.07) is 10.7. The highest BCUT2D eigenvalue weighted by Crippen LogP contribution is 2.36. The van der Waals surface area contributed by atoms with Crippen LogP contribution >= 0.6 is 15.9 Å². The molecule has 19 heavy (non-hydrogen) atoms. The van der Waals surface area contributed by atoms with Gasteiger partial charge in [0.15, 0.2) is 0 Å². The molecule has 1 aromatic heterocycles. The Labute approximate surface area is 122 Å². The van der Waals surface area contributed by atoms with Gasteiger partial charge in [0.1, 0.15) is 0 Å². The lowest BCUT2D eigenvalue weighted by atomic mass is 9.72. The average molecular weight is 320 g/mol. The van der Waals surface area contributed by atoms with E-state index in [2.05, 4.69) is 56.7 Å². The van der Waals surface area contributed by atoms with Crippen molar-refractivity contribution in [3.8, 4) is 0 Å². The molecule has 1 fully saturated rings. The summed E-state index contributed by atoms with van der Waals surface area (Å²) >= 11 is 3.69. The normalized spacial score (nSPS) is 17.2. The molecule has 1 saturated heterocycles. The van der Waals surface area contributed by atoms with E-state index in [4.69, 9.17) is 0 Å². The molecule has 0 saturated carbocycles. The Morgan fingerprint density at radius 1 is 1.37 bits per heavy atom. The van der Waals surface area contributed by atoms with Crippen LogP contribution in [-0.4, -0.2) is 22.9 Å². The molecule has 3 nitrogen and oxygen atoms in total. The zero-order valence-corrected chi connectivity index (χ0v) is 12.9. The summed E-state index contributed by atoms with van der Waals surface area (Å²) in [7, 11) is 2.03. The summed E-state index contributed by atoms with van der Waals surface area (Å²) in [6.07, 6.45) is 1.03. The van der Waals surface area contributed by atoms with Crippen molar-refractivity contribution in [2.45, 2.75) is 18.8 Å². The zero-order valence-electron chi connectivity index (χ0n) is 11.3.